The Balaban J connectivity index is 2.04. The van der Waals surface area contributed by atoms with E-state index in [4.69, 9.17) is 9.47 Å². The van der Waals surface area contributed by atoms with Crippen molar-refractivity contribution in [2.75, 3.05) is 40.4 Å². The smallest absolute Gasteiger partial charge is 0.125 e. The fourth-order valence-electron chi connectivity index (χ4n) is 2.59. The van der Waals surface area contributed by atoms with Gasteiger partial charge in [0.15, 0.2) is 0 Å². The monoisotopic (exact) mass is 264 g/mol. The number of nitrogens with zero attached hydrogens (tertiary/aromatic N) is 1. The summed E-state index contributed by atoms with van der Waals surface area (Å²) in [7, 11) is 3.39. The molecule has 0 saturated carbocycles. The molecular formula is C15H24N2O2. The minimum Gasteiger partial charge on any atom is -0.497 e. The van der Waals surface area contributed by atoms with E-state index in [1.807, 2.05) is 12.1 Å². The molecule has 1 unspecified atom stereocenters. The lowest BCUT2D eigenvalue weighted by Crippen LogP contribution is -2.48. The lowest BCUT2D eigenvalue weighted by molar-refractivity contribution is 0.182. The molecule has 106 valence electrons. The zero-order valence-corrected chi connectivity index (χ0v) is 12.1. The van der Waals surface area contributed by atoms with Crippen molar-refractivity contribution in [2.45, 2.75) is 19.4 Å². The molecule has 19 heavy (non-hydrogen) atoms. The van der Waals surface area contributed by atoms with Crippen LogP contribution >= 0.6 is 0 Å². The van der Waals surface area contributed by atoms with Crippen molar-refractivity contribution >= 4 is 0 Å². The molecular weight excluding hydrogens is 240 g/mol. The van der Waals surface area contributed by atoms with Crippen LogP contribution in [0.3, 0.4) is 0 Å². The molecule has 4 heteroatoms. The predicted molar refractivity (Wildman–Crippen MR) is 77.2 cm³/mol. The fraction of sp³-hybridized carbons (Fsp3) is 0.600. The summed E-state index contributed by atoms with van der Waals surface area (Å²) in [6, 6.07) is 6.60. The van der Waals surface area contributed by atoms with Gasteiger partial charge in [-0.25, -0.2) is 0 Å². The Morgan fingerprint density at radius 2 is 1.95 bits per heavy atom. The van der Waals surface area contributed by atoms with Gasteiger partial charge in [0.2, 0.25) is 0 Å². The molecule has 4 nitrogen and oxygen atoms in total. The van der Waals surface area contributed by atoms with Crippen molar-refractivity contribution in [1.82, 2.24) is 10.2 Å². The number of piperazine rings is 1. The van der Waals surface area contributed by atoms with E-state index in [0.717, 1.165) is 44.1 Å². The molecule has 1 aliphatic heterocycles. The van der Waals surface area contributed by atoms with Crippen LogP contribution in [0.5, 0.6) is 11.5 Å². The van der Waals surface area contributed by atoms with E-state index < -0.39 is 0 Å². The van der Waals surface area contributed by atoms with Crippen molar-refractivity contribution in [3.05, 3.63) is 23.8 Å². The van der Waals surface area contributed by atoms with Crippen LogP contribution in [0, 0.1) is 0 Å². The van der Waals surface area contributed by atoms with E-state index in [9.17, 15) is 0 Å². The van der Waals surface area contributed by atoms with Gasteiger partial charge in [0.05, 0.1) is 14.2 Å². The number of methoxy groups -OCH3 is 2. The van der Waals surface area contributed by atoms with Crippen LogP contribution in [0.2, 0.25) is 0 Å². The SMILES string of the molecule is COc1ccc(CC(C)N2CCNCC2)c(OC)c1. The Kier molecular flexibility index (Phi) is 5.05. The zero-order valence-electron chi connectivity index (χ0n) is 12.1. The standard InChI is InChI=1S/C15H24N2O2/c1-12(17-8-6-16-7-9-17)10-13-4-5-14(18-2)11-15(13)19-3/h4-5,11-12,16H,6-10H2,1-3H3. The summed E-state index contributed by atoms with van der Waals surface area (Å²) in [6.07, 6.45) is 1.01. The average molecular weight is 264 g/mol. The topological polar surface area (TPSA) is 33.7 Å². The first-order chi connectivity index (χ1) is 9.24. The molecule has 1 heterocycles. The molecule has 0 amide bonds. The maximum absolute atomic E-state index is 5.47. The van der Waals surface area contributed by atoms with E-state index in [-0.39, 0.29) is 0 Å². The van der Waals surface area contributed by atoms with Crippen LogP contribution in [-0.2, 0) is 6.42 Å². The largest absolute Gasteiger partial charge is 0.497 e. The predicted octanol–water partition coefficient (Wildman–Crippen LogP) is 1.54. The van der Waals surface area contributed by atoms with E-state index >= 15 is 0 Å². The molecule has 1 aromatic carbocycles. The number of ether oxygens (including phenoxy) is 2. The van der Waals surface area contributed by atoms with Gasteiger partial charge in [0.25, 0.3) is 0 Å². The molecule has 1 atom stereocenters. The Morgan fingerprint density at radius 1 is 1.21 bits per heavy atom. The van der Waals surface area contributed by atoms with Gasteiger partial charge in [0.1, 0.15) is 11.5 Å². The van der Waals surface area contributed by atoms with E-state index in [1.54, 1.807) is 14.2 Å². The molecule has 1 aromatic rings. The van der Waals surface area contributed by atoms with E-state index in [0.29, 0.717) is 6.04 Å². The quantitative estimate of drug-likeness (QED) is 0.874. The second-order valence-corrected chi connectivity index (χ2v) is 5.02. The summed E-state index contributed by atoms with van der Waals surface area (Å²) >= 11 is 0. The third-order valence-electron chi connectivity index (χ3n) is 3.78. The molecule has 1 saturated heterocycles. The molecule has 1 fully saturated rings. The van der Waals surface area contributed by atoms with Crippen molar-refractivity contribution in [3.8, 4) is 11.5 Å². The molecule has 0 aliphatic carbocycles. The summed E-state index contributed by atoms with van der Waals surface area (Å²) < 4.78 is 10.7. The van der Waals surface area contributed by atoms with Crippen molar-refractivity contribution in [2.24, 2.45) is 0 Å². The number of rotatable bonds is 5. The normalized spacial score (nSPS) is 18.1. The van der Waals surface area contributed by atoms with Crippen molar-refractivity contribution in [1.29, 1.82) is 0 Å². The van der Waals surface area contributed by atoms with Crippen LogP contribution in [0.25, 0.3) is 0 Å². The second-order valence-electron chi connectivity index (χ2n) is 5.02. The highest BCUT2D eigenvalue weighted by molar-refractivity contribution is 5.41. The van der Waals surface area contributed by atoms with E-state index in [2.05, 4.69) is 23.2 Å². The first-order valence-corrected chi connectivity index (χ1v) is 6.90. The van der Waals surface area contributed by atoms with Gasteiger partial charge in [0, 0.05) is 38.3 Å². The second kappa shape index (κ2) is 6.78. The lowest BCUT2D eigenvalue weighted by Gasteiger charge is -2.33. The van der Waals surface area contributed by atoms with Gasteiger partial charge in [-0.1, -0.05) is 6.07 Å². The maximum atomic E-state index is 5.47. The Morgan fingerprint density at radius 3 is 2.58 bits per heavy atom. The molecule has 1 N–H and O–H groups in total. The summed E-state index contributed by atoms with van der Waals surface area (Å²) in [6.45, 7) is 6.71. The van der Waals surface area contributed by atoms with Gasteiger partial charge in [-0.2, -0.15) is 0 Å². The first kappa shape index (κ1) is 14.2. The molecule has 1 aliphatic rings. The highest BCUT2D eigenvalue weighted by Crippen LogP contribution is 2.26. The van der Waals surface area contributed by atoms with Gasteiger partial charge in [-0.3, -0.25) is 4.90 Å². The average Bonchev–Trinajstić information content (AvgIpc) is 2.48. The first-order valence-electron chi connectivity index (χ1n) is 6.90. The van der Waals surface area contributed by atoms with Crippen molar-refractivity contribution < 1.29 is 9.47 Å². The Hall–Kier alpha value is -1.26. The van der Waals surface area contributed by atoms with Gasteiger partial charge in [-0.15, -0.1) is 0 Å². The summed E-state index contributed by atoms with van der Waals surface area (Å²) in [5, 5.41) is 3.39. The van der Waals surface area contributed by atoms with Crippen LogP contribution in [0.15, 0.2) is 18.2 Å². The van der Waals surface area contributed by atoms with Gasteiger partial charge in [-0.05, 0) is 25.0 Å². The summed E-state index contributed by atoms with van der Waals surface area (Å²) in [5.74, 6) is 1.76. The zero-order chi connectivity index (χ0) is 13.7. The minimum absolute atomic E-state index is 0.532. The fourth-order valence-corrected chi connectivity index (χ4v) is 2.59. The molecule has 0 aromatic heterocycles. The number of hydrogen-bond acceptors (Lipinski definition) is 4. The number of nitrogens with one attached hydrogen (secondary N) is 1. The molecule has 2 rings (SSSR count). The molecule has 0 bridgehead atoms. The highest BCUT2D eigenvalue weighted by atomic mass is 16.5. The third-order valence-corrected chi connectivity index (χ3v) is 3.78. The Labute approximate surface area is 115 Å². The van der Waals surface area contributed by atoms with Crippen LogP contribution < -0.4 is 14.8 Å². The number of benzene rings is 1. The lowest BCUT2D eigenvalue weighted by atomic mass is 10.0. The van der Waals surface area contributed by atoms with Crippen LogP contribution in [0.1, 0.15) is 12.5 Å². The van der Waals surface area contributed by atoms with Crippen molar-refractivity contribution in [3.63, 3.8) is 0 Å². The number of hydrogen-bond donors (Lipinski definition) is 1. The third kappa shape index (κ3) is 3.61. The summed E-state index contributed by atoms with van der Waals surface area (Å²) in [4.78, 5) is 2.53. The van der Waals surface area contributed by atoms with E-state index in [1.165, 1.54) is 5.56 Å². The van der Waals surface area contributed by atoms with Crippen LogP contribution in [0.4, 0.5) is 0 Å². The molecule has 0 radical (unpaired) electrons. The van der Waals surface area contributed by atoms with Crippen LogP contribution in [-0.4, -0.2) is 51.3 Å². The highest BCUT2D eigenvalue weighted by Gasteiger charge is 2.18. The summed E-state index contributed by atoms with van der Waals surface area (Å²) in [5.41, 5.74) is 1.24. The maximum Gasteiger partial charge on any atom is 0.125 e. The van der Waals surface area contributed by atoms with Gasteiger partial charge >= 0.3 is 0 Å². The van der Waals surface area contributed by atoms with Gasteiger partial charge < -0.3 is 14.8 Å². The molecule has 0 spiro atoms. The minimum atomic E-state index is 0.532. The Bertz CT molecular complexity index is 403.